The molecule has 0 spiro atoms. The second kappa shape index (κ2) is 7.16. The van der Waals surface area contributed by atoms with Crippen molar-refractivity contribution in [2.24, 2.45) is 7.05 Å². The molecule has 0 saturated carbocycles. The third kappa shape index (κ3) is 3.01. The molecule has 1 saturated heterocycles. The van der Waals surface area contributed by atoms with E-state index in [9.17, 15) is 4.79 Å². The molecule has 0 aliphatic carbocycles. The largest absolute Gasteiger partial charge is 0.398 e. The molecular formula is C23H26N6O. The maximum absolute atomic E-state index is 13.1. The number of pyridine rings is 1. The van der Waals surface area contributed by atoms with E-state index in [1.54, 1.807) is 0 Å². The molecule has 1 aromatic carbocycles. The van der Waals surface area contributed by atoms with Crippen LogP contribution >= 0.6 is 0 Å². The van der Waals surface area contributed by atoms with Crippen LogP contribution in [0, 0.1) is 6.92 Å². The highest BCUT2D eigenvalue weighted by Gasteiger charge is 2.21. The fourth-order valence-electron chi connectivity index (χ4n) is 4.49. The number of hydrogen-bond donors (Lipinski definition) is 1. The third-order valence-electron chi connectivity index (χ3n) is 6.03. The van der Waals surface area contributed by atoms with Crippen LogP contribution < -0.4 is 5.73 Å². The van der Waals surface area contributed by atoms with E-state index in [0.29, 0.717) is 5.69 Å². The van der Waals surface area contributed by atoms with E-state index in [4.69, 9.17) is 10.8 Å². The molecule has 7 heteroatoms. The highest BCUT2D eigenvalue weighted by atomic mass is 16.2. The Morgan fingerprint density at radius 1 is 1.07 bits per heavy atom. The number of fused-ring (bicyclic) bond motifs is 2. The van der Waals surface area contributed by atoms with E-state index in [-0.39, 0.29) is 5.91 Å². The zero-order chi connectivity index (χ0) is 20.8. The lowest BCUT2D eigenvalue weighted by Crippen LogP contribution is -2.31. The van der Waals surface area contributed by atoms with Crippen LogP contribution in [0.4, 0.5) is 5.69 Å². The molecule has 0 radical (unpaired) electrons. The smallest absolute Gasteiger partial charge is 0.253 e. The number of aromatic nitrogens is 4. The van der Waals surface area contributed by atoms with E-state index in [1.165, 1.54) is 12.8 Å². The van der Waals surface area contributed by atoms with Gasteiger partial charge in [0, 0.05) is 43.0 Å². The molecule has 0 atom stereocenters. The molecule has 4 heterocycles. The average molecular weight is 403 g/mol. The molecule has 1 aliphatic rings. The molecule has 154 valence electrons. The van der Waals surface area contributed by atoms with Crippen molar-refractivity contribution in [3.63, 3.8) is 0 Å². The van der Waals surface area contributed by atoms with Gasteiger partial charge in [-0.3, -0.25) is 13.9 Å². The van der Waals surface area contributed by atoms with E-state index in [0.717, 1.165) is 65.1 Å². The summed E-state index contributed by atoms with van der Waals surface area (Å²) >= 11 is 0. The minimum absolute atomic E-state index is 0.111. The van der Waals surface area contributed by atoms with Gasteiger partial charge in [-0.1, -0.05) is 12.8 Å². The maximum atomic E-state index is 13.1. The quantitative estimate of drug-likeness (QED) is 0.553. The summed E-state index contributed by atoms with van der Waals surface area (Å²) in [5.41, 5.74) is 11.8. The molecule has 4 aromatic rings. The van der Waals surface area contributed by atoms with Crippen LogP contribution in [0.1, 0.15) is 41.7 Å². The van der Waals surface area contributed by atoms with Gasteiger partial charge in [0.2, 0.25) is 0 Å². The summed E-state index contributed by atoms with van der Waals surface area (Å²) in [6.45, 7) is 3.67. The van der Waals surface area contributed by atoms with Gasteiger partial charge < -0.3 is 10.6 Å². The van der Waals surface area contributed by atoms with Crippen LogP contribution in [0.15, 0.2) is 36.5 Å². The summed E-state index contributed by atoms with van der Waals surface area (Å²) in [4.78, 5) is 19.7. The molecule has 3 aromatic heterocycles. The second-order valence-electron chi connectivity index (χ2n) is 8.15. The Labute approximate surface area is 175 Å². The number of amides is 1. The molecule has 0 bridgehead atoms. The number of aryl methyl sites for hydroxylation is 2. The van der Waals surface area contributed by atoms with Gasteiger partial charge in [0.15, 0.2) is 0 Å². The standard InChI is InChI=1S/C23H26N6O/c1-15-22(29-14-17(24)8-10-20(29)25-15)21-18-9-7-16(13-19(18)27(2)26-21)23(30)28-11-5-3-4-6-12-28/h7-10,13-14H,3-6,11-12,24H2,1-2H3. The van der Waals surface area contributed by atoms with Crippen LogP contribution in [0.3, 0.4) is 0 Å². The zero-order valence-corrected chi connectivity index (χ0v) is 17.4. The second-order valence-corrected chi connectivity index (χ2v) is 8.15. The lowest BCUT2D eigenvalue weighted by Gasteiger charge is -2.20. The van der Waals surface area contributed by atoms with E-state index >= 15 is 0 Å². The average Bonchev–Trinajstić information content (AvgIpc) is 3.07. The molecule has 2 N–H and O–H groups in total. The van der Waals surface area contributed by atoms with Crippen LogP contribution in [-0.2, 0) is 7.05 Å². The van der Waals surface area contributed by atoms with Crippen molar-refractivity contribution >= 4 is 28.1 Å². The van der Waals surface area contributed by atoms with Crippen molar-refractivity contribution in [3.05, 3.63) is 47.8 Å². The van der Waals surface area contributed by atoms with E-state index < -0.39 is 0 Å². The minimum Gasteiger partial charge on any atom is -0.398 e. The fourth-order valence-corrected chi connectivity index (χ4v) is 4.49. The lowest BCUT2D eigenvalue weighted by molar-refractivity contribution is 0.0762. The van der Waals surface area contributed by atoms with Gasteiger partial charge in [-0.15, -0.1) is 0 Å². The van der Waals surface area contributed by atoms with Crippen molar-refractivity contribution in [2.45, 2.75) is 32.6 Å². The Morgan fingerprint density at radius 2 is 1.83 bits per heavy atom. The predicted molar refractivity (Wildman–Crippen MR) is 118 cm³/mol. The molecule has 1 fully saturated rings. The van der Waals surface area contributed by atoms with Crippen molar-refractivity contribution in [1.82, 2.24) is 24.1 Å². The van der Waals surface area contributed by atoms with Gasteiger partial charge in [-0.05, 0) is 50.1 Å². The lowest BCUT2D eigenvalue weighted by atomic mass is 10.1. The Hall–Kier alpha value is -3.35. The number of anilines is 1. The first-order valence-corrected chi connectivity index (χ1v) is 10.5. The fraction of sp³-hybridized carbons (Fsp3) is 0.348. The Kier molecular flexibility index (Phi) is 4.46. The Morgan fingerprint density at radius 3 is 2.60 bits per heavy atom. The van der Waals surface area contributed by atoms with Gasteiger partial charge in [0.05, 0.1) is 16.9 Å². The first-order valence-electron chi connectivity index (χ1n) is 10.5. The first-order chi connectivity index (χ1) is 14.5. The van der Waals surface area contributed by atoms with Crippen LogP contribution in [-0.4, -0.2) is 43.1 Å². The minimum atomic E-state index is 0.111. The van der Waals surface area contributed by atoms with Crippen LogP contribution in [0.5, 0.6) is 0 Å². The number of carbonyl (C=O) groups is 1. The molecular weight excluding hydrogens is 376 g/mol. The number of nitrogens with zero attached hydrogens (tertiary/aromatic N) is 5. The normalized spacial score (nSPS) is 15.1. The summed E-state index contributed by atoms with van der Waals surface area (Å²) in [5.74, 6) is 0.111. The van der Waals surface area contributed by atoms with Crippen LogP contribution in [0.2, 0.25) is 0 Å². The van der Waals surface area contributed by atoms with Crippen molar-refractivity contribution < 1.29 is 4.79 Å². The number of benzene rings is 1. The monoisotopic (exact) mass is 402 g/mol. The van der Waals surface area contributed by atoms with Gasteiger partial charge in [0.1, 0.15) is 11.3 Å². The molecule has 1 aliphatic heterocycles. The highest BCUT2D eigenvalue weighted by Crippen LogP contribution is 2.32. The maximum Gasteiger partial charge on any atom is 0.253 e. The number of nitrogen functional groups attached to an aromatic ring is 1. The molecule has 7 nitrogen and oxygen atoms in total. The van der Waals surface area contributed by atoms with Gasteiger partial charge in [0.25, 0.3) is 5.91 Å². The van der Waals surface area contributed by atoms with Crippen molar-refractivity contribution in [2.75, 3.05) is 18.8 Å². The van der Waals surface area contributed by atoms with Crippen LogP contribution in [0.25, 0.3) is 27.9 Å². The summed E-state index contributed by atoms with van der Waals surface area (Å²) < 4.78 is 3.83. The Bertz CT molecular complexity index is 1260. The Balaban J connectivity index is 1.60. The summed E-state index contributed by atoms with van der Waals surface area (Å²) in [7, 11) is 1.92. The van der Waals surface area contributed by atoms with Gasteiger partial charge in [-0.25, -0.2) is 4.98 Å². The summed E-state index contributed by atoms with van der Waals surface area (Å²) in [6, 6.07) is 9.66. The van der Waals surface area contributed by atoms with Crippen molar-refractivity contribution in [3.8, 4) is 11.4 Å². The number of rotatable bonds is 2. The number of likely N-dealkylation sites (tertiary alicyclic amines) is 1. The summed E-state index contributed by atoms with van der Waals surface area (Å²) in [6.07, 6.45) is 6.46. The van der Waals surface area contributed by atoms with Gasteiger partial charge >= 0.3 is 0 Å². The van der Waals surface area contributed by atoms with E-state index in [2.05, 4.69) is 4.98 Å². The number of hydrogen-bond acceptors (Lipinski definition) is 4. The highest BCUT2D eigenvalue weighted by molar-refractivity contribution is 6.01. The van der Waals surface area contributed by atoms with Crippen molar-refractivity contribution in [1.29, 1.82) is 0 Å². The number of imidazole rings is 1. The molecule has 0 unspecified atom stereocenters. The zero-order valence-electron chi connectivity index (χ0n) is 17.4. The third-order valence-corrected chi connectivity index (χ3v) is 6.03. The number of nitrogens with two attached hydrogens (primary N) is 1. The first kappa shape index (κ1) is 18.7. The van der Waals surface area contributed by atoms with Gasteiger partial charge in [-0.2, -0.15) is 5.10 Å². The molecule has 5 rings (SSSR count). The molecule has 1 amide bonds. The molecule has 30 heavy (non-hydrogen) atoms. The predicted octanol–water partition coefficient (Wildman–Crippen LogP) is 3.79. The number of carbonyl (C=O) groups excluding carboxylic acids is 1. The topological polar surface area (TPSA) is 81.4 Å². The summed E-state index contributed by atoms with van der Waals surface area (Å²) in [5, 5.41) is 5.79. The van der Waals surface area contributed by atoms with E-state index in [1.807, 2.05) is 64.5 Å². The SMILES string of the molecule is Cc1nc2ccc(N)cn2c1-c1nn(C)c2cc(C(=O)N3CCCCCC3)ccc12.